The van der Waals surface area contributed by atoms with Gasteiger partial charge in [-0.1, -0.05) is 18.2 Å². The van der Waals surface area contributed by atoms with Crippen molar-refractivity contribution in [3.8, 4) is 17.1 Å². The number of nitrogens with two attached hydrogens (primary N) is 1. The van der Waals surface area contributed by atoms with Crippen LogP contribution in [0.2, 0.25) is 0 Å². The molecule has 1 unspecified atom stereocenters. The Morgan fingerprint density at radius 3 is 2.40 bits per heavy atom. The summed E-state index contributed by atoms with van der Waals surface area (Å²) in [5.41, 5.74) is 9.43. The minimum Gasteiger partial charge on any atom is -0.494 e. The lowest BCUT2D eigenvalue weighted by atomic mass is 10.0. The zero-order valence-corrected chi connectivity index (χ0v) is 42.3. The number of piperidine rings is 1. The van der Waals surface area contributed by atoms with Crippen molar-refractivity contribution < 1.29 is 47.8 Å². The Morgan fingerprint density at radius 1 is 0.896 bits per heavy atom. The first kappa shape index (κ1) is 52.6. The van der Waals surface area contributed by atoms with Crippen LogP contribution in [0.4, 0.5) is 28.7 Å². The molecule has 0 aliphatic carbocycles. The summed E-state index contributed by atoms with van der Waals surface area (Å²) in [6.45, 7) is 2.91. The Bertz CT molecular complexity index is 3140. The van der Waals surface area contributed by atoms with Gasteiger partial charge < -0.3 is 56.1 Å². The average Bonchev–Trinajstić information content (AvgIpc) is 4.16. The van der Waals surface area contributed by atoms with E-state index in [1.165, 1.54) is 36.5 Å². The third kappa shape index (κ3) is 12.1. The number of pyridine rings is 2. The molecule has 5 aromatic rings. The molecule has 77 heavy (non-hydrogen) atoms. The molecule has 2 atom stereocenters. The van der Waals surface area contributed by atoms with Gasteiger partial charge in [-0.15, -0.1) is 0 Å². The van der Waals surface area contributed by atoms with Crippen LogP contribution in [0.25, 0.3) is 11.4 Å². The third-order valence-electron chi connectivity index (χ3n) is 13.5. The van der Waals surface area contributed by atoms with Crippen molar-refractivity contribution in [3.05, 3.63) is 108 Å². The van der Waals surface area contributed by atoms with Crippen LogP contribution in [0.5, 0.6) is 5.75 Å². The summed E-state index contributed by atoms with van der Waals surface area (Å²) < 4.78 is 12.9. The largest absolute Gasteiger partial charge is 0.494 e. The number of nitrogens with zero attached hydrogens (tertiary/aromatic N) is 9. The Balaban J connectivity index is 0.846. The molecule has 4 aliphatic rings. The predicted octanol–water partition coefficient (Wildman–Crippen LogP) is 1.39. The highest BCUT2D eigenvalue weighted by molar-refractivity contribution is 6.06. The molecule has 400 valence electrons. The Hall–Kier alpha value is -9.26. The third-order valence-corrected chi connectivity index (χ3v) is 13.5. The molecule has 7 heterocycles. The number of para-hydroxylation sites is 1. The molecule has 0 radical (unpaired) electrons. The molecule has 8 amide bonds. The van der Waals surface area contributed by atoms with Crippen molar-refractivity contribution in [2.24, 2.45) is 12.8 Å². The quantitative estimate of drug-likeness (QED) is 0.0447. The monoisotopic (exact) mass is 1050 g/mol. The summed E-state index contributed by atoms with van der Waals surface area (Å²) in [6, 6.07) is 13.6. The van der Waals surface area contributed by atoms with Gasteiger partial charge in [0.25, 0.3) is 17.7 Å². The van der Waals surface area contributed by atoms with Gasteiger partial charge in [0.05, 0.1) is 48.4 Å². The second-order valence-electron chi connectivity index (χ2n) is 18.5. The molecule has 9 rings (SSSR count). The number of fused-ring (bicyclic) bond motifs is 1. The lowest BCUT2D eigenvalue weighted by molar-refractivity contribution is -0.137. The van der Waals surface area contributed by atoms with Crippen LogP contribution in [-0.2, 0) is 42.3 Å². The molecule has 2 fully saturated rings. The van der Waals surface area contributed by atoms with Gasteiger partial charge in [-0.05, 0) is 49.2 Å². The molecule has 2 saturated heterocycles. The first-order chi connectivity index (χ1) is 37.2. The minimum absolute atomic E-state index is 0.0427. The van der Waals surface area contributed by atoms with E-state index in [1.54, 1.807) is 76.4 Å². The fourth-order valence-corrected chi connectivity index (χ4v) is 9.51. The van der Waals surface area contributed by atoms with Gasteiger partial charge in [-0.25, -0.2) is 15.0 Å². The Morgan fingerprint density at radius 2 is 1.69 bits per heavy atom. The molecule has 25 nitrogen and oxygen atoms in total. The number of carbonyl (C=O) groups is 8. The number of benzene rings is 2. The molecule has 3 aromatic heterocycles. The van der Waals surface area contributed by atoms with Crippen LogP contribution in [-0.4, -0.2) is 165 Å². The highest BCUT2D eigenvalue weighted by atomic mass is 16.5. The molecular weight excluding hydrogens is 995 g/mol. The molecular formula is C52H57N15O10. The van der Waals surface area contributed by atoms with Crippen molar-refractivity contribution in [1.29, 1.82) is 0 Å². The molecule has 0 spiro atoms. The van der Waals surface area contributed by atoms with Crippen molar-refractivity contribution in [1.82, 2.24) is 55.4 Å². The standard InChI is InChI=1S/C52H57N15O10/c1-63-30-57-48(62-63)33-7-3-8-36(46(33)76-2)58-38-26-42(56-28-34(38)47(53)71)60-41-13-11-31(27-55-41)49(72)59-37(15-17-54-43(68)16-24-77-25-23-65-18-5-10-45(65)70)52(75)66-21-19-64(20-22-66)39-9-4-6-32-35(39)29-67(51(32)74)40-12-14-44(69)61-50(40)73/h3-11,13,26-28,30,37,40H,12,14-25,29H2,1-2H3,(H2,53,71)(H,54,68)(H,59,72)(H,61,69,73)(H2,55,56,58,60)/t37-,40?/m0/s1. The highest BCUT2D eigenvalue weighted by Gasteiger charge is 2.41. The number of rotatable bonds is 21. The van der Waals surface area contributed by atoms with E-state index >= 15 is 0 Å². The first-order valence-electron chi connectivity index (χ1n) is 25.0. The Labute approximate surface area is 441 Å². The summed E-state index contributed by atoms with van der Waals surface area (Å²) in [4.78, 5) is 124. The molecule has 0 bridgehead atoms. The van der Waals surface area contributed by atoms with E-state index in [0.29, 0.717) is 66.1 Å². The van der Waals surface area contributed by atoms with Gasteiger partial charge in [0.15, 0.2) is 11.6 Å². The van der Waals surface area contributed by atoms with Crippen LogP contribution in [0.15, 0.2) is 85.5 Å². The van der Waals surface area contributed by atoms with Crippen LogP contribution in [0.3, 0.4) is 0 Å². The number of piperazine rings is 1. The van der Waals surface area contributed by atoms with Gasteiger partial charge in [-0.2, -0.15) is 5.10 Å². The van der Waals surface area contributed by atoms with E-state index in [1.807, 2.05) is 6.07 Å². The topological polar surface area (TPSA) is 311 Å². The van der Waals surface area contributed by atoms with E-state index < -0.39 is 29.8 Å². The lowest BCUT2D eigenvalue weighted by Crippen LogP contribution is -2.55. The normalized spacial score (nSPS) is 16.5. The zero-order valence-electron chi connectivity index (χ0n) is 42.3. The van der Waals surface area contributed by atoms with E-state index in [4.69, 9.17) is 15.2 Å². The van der Waals surface area contributed by atoms with E-state index in [0.717, 1.165) is 11.3 Å². The summed E-state index contributed by atoms with van der Waals surface area (Å²) in [5, 5.41) is 18.7. The van der Waals surface area contributed by atoms with Crippen molar-refractivity contribution >= 4 is 76.0 Å². The second-order valence-corrected chi connectivity index (χ2v) is 18.5. The number of ether oxygens (including phenoxy) is 2. The van der Waals surface area contributed by atoms with E-state index in [2.05, 4.69) is 51.5 Å². The number of primary amides is 1. The summed E-state index contributed by atoms with van der Waals surface area (Å²) in [7, 11) is 3.25. The number of aryl methyl sites for hydroxylation is 1. The van der Waals surface area contributed by atoms with Crippen LogP contribution in [0, 0.1) is 0 Å². The van der Waals surface area contributed by atoms with Gasteiger partial charge in [0.1, 0.15) is 30.0 Å². The predicted molar refractivity (Wildman–Crippen MR) is 278 cm³/mol. The van der Waals surface area contributed by atoms with Gasteiger partial charge >= 0.3 is 0 Å². The zero-order chi connectivity index (χ0) is 54.2. The number of carbonyl (C=O) groups excluding carboxylic acids is 8. The fourth-order valence-electron chi connectivity index (χ4n) is 9.51. The van der Waals surface area contributed by atoms with Crippen molar-refractivity contribution in [2.75, 3.05) is 81.7 Å². The fraction of sp³-hybridized carbons (Fsp3) is 0.346. The SMILES string of the molecule is COc1c(Nc2cc(Nc3ccc(C(=O)N[C@@H](CCNC(=O)CCOCCN4CC=CC4=O)C(=O)N4CCN(c5cccc6c5CN(C5CCC(=O)NC5=O)C6=O)CC4)cn3)ncc2C(N)=O)cccc1-c1ncn(C)n1. The second kappa shape index (κ2) is 23.5. The molecule has 0 saturated carbocycles. The molecule has 4 aliphatic heterocycles. The van der Waals surface area contributed by atoms with Crippen LogP contribution >= 0.6 is 0 Å². The Kier molecular flexibility index (Phi) is 16.1. The first-order valence-corrected chi connectivity index (χ1v) is 25.0. The van der Waals surface area contributed by atoms with Crippen molar-refractivity contribution in [2.45, 2.75) is 44.3 Å². The van der Waals surface area contributed by atoms with Crippen molar-refractivity contribution in [3.63, 3.8) is 0 Å². The maximum Gasteiger partial charge on any atom is 0.255 e. The van der Waals surface area contributed by atoms with Crippen LogP contribution in [0.1, 0.15) is 62.3 Å². The lowest BCUT2D eigenvalue weighted by Gasteiger charge is -2.38. The highest BCUT2D eigenvalue weighted by Crippen LogP contribution is 2.38. The number of hydrogen-bond donors (Lipinski definition) is 6. The van der Waals surface area contributed by atoms with Crippen LogP contribution < -0.4 is 42.0 Å². The molecule has 2 aromatic carbocycles. The number of amides is 8. The minimum atomic E-state index is -1.06. The molecule has 7 N–H and O–H groups in total. The maximum atomic E-state index is 14.4. The number of imide groups is 1. The smallest absolute Gasteiger partial charge is 0.255 e. The van der Waals surface area contributed by atoms with Gasteiger partial charge in [0, 0.05) is 114 Å². The number of nitrogens with one attached hydrogen (secondary N) is 5. The van der Waals surface area contributed by atoms with E-state index in [-0.39, 0.29) is 112 Å². The number of methoxy groups -OCH3 is 1. The number of anilines is 5. The van der Waals surface area contributed by atoms with Gasteiger partial charge in [-0.3, -0.25) is 48.4 Å². The molecule has 25 heteroatoms. The number of aromatic nitrogens is 5. The van der Waals surface area contributed by atoms with Gasteiger partial charge in [0.2, 0.25) is 29.5 Å². The maximum absolute atomic E-state index is 14.4. The average molecular weight is 1050 g/mol. The summed E-state index contributed by atoms with van der Waals surface area (Å²) in [5.74, 6) is -1.81. The summed E-state index contributed by atoms with van der Waals surface area (Å²) in [6.07, 6.45) is 7.96. The summed E-state index contributed by atoms with van der Waals surface area (Å²) >= 11 is 0. The van der Waals surface area contributed by atoms with E-state index in [9.17, 15) is 38.4 Å². The number of hydrogen-bond acceptors (Lipinski definition) is 17.